The number of hydrogen-bond acceptors (Lipinski definition) is 2. The molecule has 1 amide bonds. The van der Waals surface area contributed by atoms with E-state index in [1.807, 2.05) is 79.7 Å². The molecule has 4 rings (SSSR count). The molecular weight excluding hydrogens is 310 g/mol. The van der Waals surface area contributed by atoms with Crippen LogP contribution < -0.4 is 5.32 Å². The number of para-hydroxylation sites is 1. The maximum absolute atomic E-state index is 12.7. The topological polar surface area (TPSA) is 42.2 Å². The van der Waals surface area contributed by atoms with E-state index in [4.69, 9.17) is 4.42 Å². The van der Waals surface area contributed by atoms with Gasteiger partial charge in [0, 0.05) is 22.5 Å². The fraction of sp³-hybridized carbons (Fsp3) is 0.136. The van der Waals surface area contributed by atoms with Crippen molar-refractivity contribution in [3.8, 4) is 0 Å². The molecule has 25 heavy (non-hydrogen) atoms. The van der Waals surface area contributed by atoms with Crippen LogP contribution in [0.2, 0.25) is 0 Å². The van der Waals surface area contributed by atoms with Crippen molar-refractivity contribution in [2.75, 3.05) is 5.32 Å². The molecule has 0 saturated heterocycles. The van der Waals surface area contributed by atoms with E-state index >= 15 is 0 Å². The Bertz CT molecular complexity index is 1030. The maximum Gasteiger partial charge on any atom is 0.231 e. The summed E-state index contributed by atoms with van der Waals surface area (Å²) >= 11 is 0. The van der Waals surface area contributed by atoms with Gasteiger partial charge in [0.05, 0.1) is 5.92 Å². The van der Waals surface area contributed by atoms with Crippen molar-refractivity contribution in [3.05, 3.63) is 78.4 Å². The van der Waals surface area contributed by atoms with Crippen LogP contribution in [0.25, 0.3) is 21.9 Å². The van der Waals surface area contributed by atoms with E-state index < -0.39 is 0 Å². The summed E-state index contributed by atoms with van der Waals surface area (Å²) in [5.41, 5.74) is 3.43. The monoisotopic (exact) mass is 329 g/mol. The molecule has 0 unspecified atom stereocenters. The average Bonchev–Trinajstić information content (AvgIpc) is 3.01. The molecular formula is C22H19NO2. The van der Waals surface area contributed by atoms with Crippen LogP contribution in [0.3, 0.4) is 0 Å². The number of hydrogen-bond donors (Lipinski definition) is 1. The van der Waals surface area contributed by atoms with Gasteiger partial charge in [-0.3, -0.25) is 4.79 Å². The zero-order valence-electron chi connectivity index (χ0n) is 14.0. The van der Waals surface area contributed by atoms with Gasteiger partial charge in [0.1, 0.15) is 11.2 Å². The second-order valence-electron chi connectivity index (χ2n) is 6.17. The van der Waals surface area contributed by atoms with E-state index in [9.17, 15) is 4.79 Å². The Morgan fingerprint density at radius 1 is 0.920 bits per heavy atom. The second kappa shape index (κ2) is 6.44. The molecule has 0 saturated carbocycles. The summed E-state index contributed by atoms with van der Waals surface area (Å²) in [6, 6.07) is 23.7. The third kappa shape index (κ3) is 2.89. The largest absolute Gasteiger partial charge is 0.456 e. The second-order valence-corrected chi connectivity index (χ2v) is 6.17. The highest BCUT2D eigenvalue weighted by Crippen LogP contribution is 2.31. The highest BCUT2D eigenvalue weighted by molar-refractivity contribution is 6.06. The molecule has 1 N–H and O–H groups in total. The van der Waals surface area contributed by atoms with Gasteiger partial charge in [-0.05, 0) is 30.2 Å². The molecule has 1 atom stereocenters. The number of carbonyl (C=O) groups is 1. The fourth-order valence-electron chi connectivity index (χ4n) is 3.29. The molecule has 0 aliphatic carbocycles. The molecule has 0 aliphatic rings. The van der Waals surface area contributed by atoms with Gasteiger partial charge in [-0.15, -0.1) is 0 Å². The Balaban J connectivity index is 1.63. The summed E-state index contributed by atoms with van der Waals surface area (Å²) in [6.45, 7) is 2.03. The quantitative estimate of drug-likeness (QED) is 0.520. The van der Waals surface area contributed by atoms with Crippen molar-refractivity contribution in [2.24, 2.45) is 0 Å². The Morgan fingerprint density at radius 3 is 2.44 bits per heavy atom. The van der Waals surface area contributed by atoms with Gasteiger partial charge in [0.2, 0.25) is 5.91 Å². The lowest BCUT2D eigenvalue weighted by atomic mass is 9.95. The number of carbonyl (C=O) groups excluding carboxylic acids is 1. The minimum Gasteiger partial charge on any atom is -0.456 e. The van der Waals surface area contributed by atoms with E-state index in [2.05, 4.69) is 5.32 Å². The predicted molar refractivity (Wildman–Crippen MR) is 102 cm³/mol. The first-order chi connectivity index (χ1) is 12.3. The lowest BCUT2D eigenvalue weighted by Crippen LogP contribution is -2.20. The molecule has 0 spiro atoms. The van der Waals surface area contributed by atoms with Gasteiger partial charge in [-0.1, -0.05) is 55.5 Å². The summed E-state index contributed by atoms with van der Waals surface area (Å²) in [7, 11) is 0. The molecule has 1 aromatic heterocycles. The van der Waals surface area contributed by atoms with Crippen LogP contribution in [0.4, 0.5) is 5.69 Å². The van der Waals surface area contributed by atoms with Crippen LogP contribution in [0, 0.1) is 0 Å². The normalized spacial score (nSPS) is 12.4. The van der Waals surface area contributed by atoms with Crippen molar-refractivity contribution in [1.82, 2.24) is 0 Å². The van der Waals surface area contributed by atoms with Crippen molar-refractivity contribution in [1.29, 1.82) is 0 Å². The smallest absolute Gasteiger partial charge is 0.231 e. The highest BCUT2D eigenvalue weighted by Gasteiger charge is 2.19. The number of amides is 1. The minimum atomic E-state index is -0.160. The number of furan rings is 1. The number of fused-ring (bicyclic) bond motifs is 3. The first-order valence-corrected chi connectivity index (χ1v) is 8.53. The van der Waals surface area contributed by atoms with Gasteiger partial charge >= 0.3 is 0 Å². The van der Waals surface area contributed by atoms with Crippen LogP contribution in [-0.2, 0) is 4.79 Å². The lowest BCUT2D eigenvalue weighted by Gasteiger charge is -2.15. The summed E-state index contributed by atoms with van der Waals surface area (Å²) in [5.74, 6) is -0.156. The van der Waals surface area contributed by atoms with Crippen molar-refractivity contribution >= 4 is 33.5 Å². The highest BCUT2D eigenvalue weighted by atomic mass is 16.3. The van der Waals surface area contributed by atoms with Crippen LogP contribution >= 0.6 is 0 Å². The molecule has 124 valence electrons. The first kappa shape index (κ1) is 15.5. The first-order valence-electron chi connectivity index (χ1n) is 8.53. The molecule has 3 aromatic carbocycles. The van der Waals surface area contributed by atoms with Gasteiger partial charge in [0.15, 0.2) is 0 Å². The summed E-state index contributed by atoms with van der Waals surface area (Å²) < 4.78 is 5.89. The minimum absolute atomic E-state index is 0.00385. The third-order valence-electron chi connectivity index (χ3n) is 4.57. The standard InChI is InChI=1S/C22H19NO2/c1-2-17(15-8-4-3-5-9-15)22(24)23-16-12-13-19-18-10-6-7-11-20(18)25-21(19)14-16/h3-14,17H,2H2,1H3,(H,23,24)/t17-/m0/s1. The summed E-state index contributed by atoms with van der Waals surface area (Å²) in [5, 5.41) is 5.18. The molecule has 3 nitrogen and oxygen atoms in total. The third-order valence-corrected chi connectivity index (χ3v) is 4.57. The molecule has 0 fully saturated rings. The maximum atomic E-state index is 12.7. The molecule has 1 heterocycles. The Labute approximate surface area is 146 Å². The zero-order chi connectivity index (χ0) is 17.2. The zero-order valence-corrected chi connectivity index (χ0v) is 14.0. The van der Waals surface area contributed by atoms with E-state index in [0.29, 0.717) is 0 Å². The Kier molecular flexibility index (Phi) is 3.98. The van der Waals surface area contributed by atoms with Gasteiger partial charge in [0.25, 0.3) is 0 Å². The predicted octanol–water partition coefficient (Wildman–Crippen LogP) is 5.72. The van der Waals surface area contributed by atoms with Crippen LogP contribution in [0.15, 0.2) is 77.2 Å². The Hall–Kier alpha value is -3.07. The van der Waals surface area contributed by atoms with E-state index in [1.54, 1.807) is 0 Å². The van der Waals surface area contributed by atoms with Crippen molar-refractivity contribution in [2.45, 2.75) is 19.3 Å². The van der Waals surface area contributed by atoms with Crippen molar-refractivity contribution in [3.63, 3.8) is 0 Å². The molecule has 0 aliphatic heterocycles. The van der Waals surface area contributed by atoms with Crippen LogP contribution in [0.1, 0.15) is 24.8 Å². The van der Waals surface area contributed by atoms with Gasteiger partial charge in [-0.25, -0.2) is 0 Å². The van der Waals surface area contributed by atoms with E-state index in [-0.39, 0.29) is 11.8 Å². The number of benzene rings is 3. The van der Waals surface area contributed by atoms with Crippen LogP contribution in [-0.4, -0.2) is 5.91 Å². The lowest BCUT2D eigenvalue weighted by molar-refractivity contribution is -0.117. The number of anilines is 1. The molecule has 4 aromatic rings. The Morgan fingerprint density at radius 2 is 1.64 bits per heavy atom. The van der Waals surface area contributed by atoms with Crippen molar-refractivity contribution < 1.29 is 9.21 Å². The van der Waals surface area contributed by atoms with Gasteiger partial charge in [-0.2, -0.15) is 0 Å². The van der Waals surface area contributed by atoms with Crippen LogP contribution in [0.5, 0.6) is 0 Å². The summed E-state index contributed by atoms with van der Waals surface area (Å²) in [6.07, 6.45) is 0.753. The molecule has 3 heteroatoms. The van der Waals surface area contributed by atoms with E-state index in [0.717, 1.165) is 39.6 Å². The molecule has 0 radical (unpaired) electrons. The fourth-order valence-corrected chi connectivity index (χ4v) is 3.29. The molecule has 0 bridgehead atoms. The SMILES string of the molecule is CC[C@H](C(=O)Nc1ccc2c(c1)oc1ccccc12)c1ccccc1. The average molecular weight is 329 g/mol. The number of rotatable bonds is 4. The summed E-state index contributed by atoms with van der Waals surface area (Å²) in [4.78, 5) is 12.7. The van der Waals surface area contributed by atoms with Gasteiger partial charge < -0.3 is 9.73 Å². The van der Waals surface area contributed by atoms with E-state index in [1.165, 1.54) is 0 Å². The number of nitrogens with one attached hydrogen (secondary N) is 1.